The monoisotopic (exact) mass is 342 g/mol. The number of nitriles is 2. The molecule has 2 aromatic carbocycles. The van der Waals surface area contributed by atoms with E-state index in [4.69, 9.17) is 21.5 Å². The first-order valence-corrected chi connectivity index (χ1v) is 7.66. The molecule has 7 nitrogen and oxygen atoms in total. The predicted molar refractivity (Wildman–Crippen MR) is 96.5 cm³/mol. The van der Waals surface area contributed by atoms with Crippen molar-refractivity contribution in [2.75, 3.05) is 11.5 Å². The summed E-state index contributed by atoms with van der Waals surface area (Å²) in [7, 11) is 0. The standard InChI is InChI=1S/C19H14N6O/c20-9-12-3-1-4-13(7-12)11-26-15-6-2-5-14(8-15)17-16(10-21)18(22)25-19(23)24-17/h1-8H,11H2,(H4,22,23,24,25). The minimum atomic E-state index is -0.00357. The molecule has 0 saturated carbocycles. The van der Waals surface area contributed by atoms with Gasteiger partial charge in [-0.2, -0.15) is 15.5 Å². The molecule has 0 aliphatic carbocycles. The van der Waals surface area contributed by atoms with Gasteiger partial charge >= 0.3 is 0 Å². The van der Waals surface area contributed by atoms with Crippen molar-refractivity contribution in [1.82, 2.24) is 9.97 Å². The zero-order chi connectivity index (χ0) is 18.5. The van der Waals surface area contributed by atoms with E-state index in [0.29, 0.717) is 29.2 Å². The van der Waals surface area contributed by atoms with Crippen LogP contribution in [-0.4, -0.2) is 9.97 Å². The lowest BCUT2D eigenvalue weighted by molar-refractivity contribution is 0.306. The lowest BCUT2D eigenvalue weighted by Crippen LogP contribution is -2.05. The molecule has 0 atom stereocenters. The van der Waals surface area contributed by atoms with E-state index in [1.54, 1.807) is 42.5 Å². The largest absolute Gasteiger partial charge is 0.489 e. The summed E-state index contributed by atoms with van der Waals surface area (Å²) in [5, 5.41) is 18.3. The fourth-order valence-electron chi connectivity index (χ4n) is 2.45. The lowest BCUT2D eigenvalue weighted by atomic mass is 10.1. The number of benzene rings is 2. The SMILES string of the molecule is N#Cc1cccc(COc2cccc(-c3nc(N)nc(N)c3C#N)c2)c1. The van der Waals surface area contributed by atoms with E-state index in [0.717, 1.165) is 5.56 Å². The Labute approximate surface area is 150 Å². The van der Waals surface area contributed by atoms with Gasteiger partial charge in [-0.3, -0.25) is 0 Å². The van der Waals surface area contributed by atoms with Gasteiger partial charge in [0.15, 0.2) is 0 Å². The first kappa shape index (κ1) is 16.7. The number of anilines is 2. The molecule has 0 amide bonds. The second-order valence-electron chi connectivity index (χ2n) is 5.43. The fraction of sp³-hybridized carbons (Fsp3) is 0.0526. The molecule has 1 heterocycles. The van der Waals surface area contributed by atoms with Crippen molar-refractivity contribution in [1.29, 1.82) is 10.5 Å². The van der Waals surface area contributed by atoms with Gasteiger partial charge in [0.1, 0.15) is 29.8 Å². The third-order valence-corrected chi connectivity index (χ3v) is 3.64. The van der Waals surface area contributed by atoms with Gasteiger partial charge in [-0.15, -0.1) is 0 Å². The van der Waals surface area contributed by atoms with Crippen molar-refractivity contribution in [3.05, 3.63) is 65.2 Å². The van der Waals surface area contributed by atoms with Gasteiger partial charge in [0.2, 0.25) is 5.95 Å². The summed E-state index contributed by atoms with van der Waals surface area (Å²) in [5.74, 6) is 0.621. The van der Waals surface area contributed by atoms with Gasteiger partial charge in [0, 0.05) is 5.56 Å². The smallest absolute Gasteiger partial charge is 0.222 e. The quantitative estimate of drug-likeness (QED) is 0.744. The van der Waals surface area contributed by atoms with Crippen molar-refractivity contribution in [3.8, 4) is 29.1 Å². The number of aromatic nitrogens is 2. The molecule has 0 fully saturated rings. The van der Waals surface area contributed by atoms with E-state index in [9.17, 15) is 5.26 Å². The first-order chi connectivity index (χ1) is 12.6. The van der Waals surface area contributed by atoms with Crippen molar-refractivity contribution in [3.63, 3.8) is 0 Å². The molecule has 0 aliphatic heterocycles. The van der Waals surface area contributed by atoms with E-state index in [-0.39, 0.29) is 17.3 Å². The predicted octanol–water partition coefficient (Wildman–Crippen LogP) is 2.63. The Hall–Kier alpha value is -4.10. The van der Waals surface area contributed by atoms with Gasteiger partial charge in [-0.1, -0.05) is 24.3 Å². The van der Waals surface area contributed by atoms with E-state index >= 15 is 0 Å². The zero-order valence-corrected chi connectivity index (χ0v) is 13.7. The highest BCUT2D eigenvalue weighted by atomic mass is 16.5. The van der Waals surface area contributed by atoms with Gasteiger partial charge in [0.05, 0.1) is 17.3 Å². The van der Waals surface area contributed by atoms with Crippen molar-refractivity contribution in [2.24, 2.45) is 0 Å². The van der Waals surface area contributed by atoms with Crippen LogP contribution in [0.25, 0.3) is 11.3 Å². The summed E-state index contributed by atoms with van der Waals surface area (Å²) in [6, 6.07) is 18.4. The van der Waals surface area contributed by atoms with Gasteiger partial charge in [0.25, 0.3) is 0 Å². The molecule has 0 aliphatic rings. The van der Waals surface area contributed by atoms with Crippen LogP contribution in [0.3, 0.4) is 0 Å². The summed E-state index contributed by atoms with van der Waals surface area (Å²) in [6.07, 6.45) is 0. The van der Waals surface area contributed by atoms with Crippen LogP contribution in [-0.2, 0) is 6.61 Å². The Bertz CT molecular complexity index is 1050. The Balaban J connectivity index is 1.88. The first-order valence-electron chi connectivity index (χ1n) is 7.66. The fourth-order valence-corrected chi connectivity index (χ4v) is 2.45. The molecule has 7 heteroatoms. The Morgan fingerprint density at radius 3 is 2.54 bits per heavy atom. The average molecular weight is 342 g/mol. The van der Waals surface area contributed by atoms with Crippen molar-refractivity contribution >= 4 is 11.8 Å². The average Bonchev–Trinajstić information content (AvgIpc) is 2.66. The van der Waals surface area contributed by atoms with Crippen LogP contribution in [0.2, 0.25) is 0 Å². The summed E-state index contributed by atoms with van der Waals surface area (Å²) in [6.45, 7) is 0.304. The molecule has 1 aromatic heterocycles. The molecule has 3 rings (SSSR count). The van der Waals surface area contributed by atoms with Gasteiger partial charge in [-0.05, 0) is 29.8 Å². The Morgan fingerprint density at radius 1 is 0.962 bits per heavy atom. The maximum absolute atomic E-state index is 9.31. The number of hydrogen-bond acceptors (Lipinski definition) is 7. The topological polar surface area (TPSA) is 135 Å². The molecule has 0 bridgehead atoms. The normalized spacial score (nSPS) is 9.92. The van der Waals surface area contributed by atoms with E-state index in [1.807, 2.05) is 12.1 Å². The molecule has 126 valence electrons. The van der Waals surface area contributed by atoms with Gasteiger partial charge in [-0.25, -0.2) is 4.98 Å². The van der Waals surface area contributed by atoms with E-state index in [2.05, 4.69) is 16.0 Å². The van der Waals surface area contributed by atoms with Crippen LogP contribution in [0.1, 0.15) is 16.7 Å². The van der Waals surface area contributed by atoms with Crippen molar-refractivity contribution < 1.29 is 4.74 Å². The van der Waals surface area contributed by atoms with Crippen LogP contribution >= 0.6 is 0 Å². The molecule has 0 radical (unpaired) electrons. The zero-order valence-electron chi connectivity index (χ0n) is 13.7. The minimum absolute atomic E-state index is 0.00357. The molecular formula is C19H14N6O. The van der Waals surface area contributed by atoms with Crippen molar-refractivity contribution in [2.45, 2.75) is 6.61 Å². The number of hydrogen-bond donors (Lipinski definition) is 2. The molecule has 26 heavy (non-hydrogen) atoms. The van der Waals surface area contributed by atoms with Crippen LogP contribution in [0.5, 0.6) is 5.75 Å². The molecule has 3 aromatic rings. The minimum Gasteiger partial charge on any atom is -0.489 e. The molecular weight excluding hydrogens is 328 g/mol. The molecule has 0 unspecified atom stereocenters. The Kier molecular flexibility index (Phi) is 4.64. The second kappa shape index (κ2) is 7.20. The molecule has 4 N–H and O–H groups in total. The highest BCUT2D eigenvalue weighted by Crippen LogP contribution is 2.28. The van der Waals surface area contributed by atoms with Crippen LogP contribution in [0.4, 0.5) is 11.8 Å². The summed E-state index contributed by atoms with van der Waals surface area (Å²) < 4.78 is 5.79. The Morgan fingerprint density at radius 2 is 1.77 bits per heavy atom. The van der Waals surface area contributed by atoms with Crippen LogP contribution < -0.4 is 16.2 Å². The molecule has 0 spiro atoms. The summed E-state index contributed by atoms with van der Waals surface area (Å²) in [5.41, 5.74) is 14.0. The van der Waals surface area contributed by atoms with Crippen LogP contribution in [0, 0.1) is 22.7 Å². The highest BCUT2D eigenvalue weighted by Gasteiger charge is 2.13. The maximum atomic E-state index is 9.31. The third-order valence-electron chi connectivity index (χ3n) is 3.64. The maximum Gasteiger partial charge on any atom is 0.222 e. The number of nitrogen functional groups attached to an aromatic ring is 2. The molecule has 0 saturated heterocycles. The van der Waals surface area contributed by atoms with Gasteiger partial charge < -0.3 is 16.2 Å². The highest BCUT2D eigenvalue weighted by molar-refractivity contribution is 5.73. The number of rotatable bonds is 4. The number of ether oxygens (including phenoxy) is 1. The summed E-state index contributed by atoms with van der Waals surface area (Å²) in [4.78, 5) is 7.94. The number of nitrogens with zero attached hydrogens (tertiary/aromatic N) is 4. The number of nitrogens with two attached hydrogens (primary N) is 2. The second-order valence-corrected chi connectivity index (χ2v) is 5.43. The third kappa shape index (κ3) is 3.53. The van der Waals surface area contributed by atoms with E-state index in [1.165, 1.54) is 0 Å². The van der Waals surface area contributed by atoms with E-state index < -0.39 is 0 Å². The summed E-state index contributed by atoms with van der Waals surface area (Å²) >= 11 is 0. The van der Waals surface area contributed by atoms with Crippen LogP contribution in [0.15, 0.2) is 48.5 Å². The lowest BCUT2D eigenvalue weighted by Gasteiger charge is -2.10.